The van der Waals surface area contributed by atoms with Crippen LogP contribution in [0.3, 0.4) is 0 Å². The Balaban J connectivity index is 0.000000272. The fraction of sp³-hybridized carbons (Fsp3) is 0.333. The number of esters is 2. The van der Waals surface area contributed by atoms with Crippen LogP contribution in [0.25, 0.3) is 0 Å². The Morgan fingerprint density at radius 2 is 1.12 bits per heavy atom. The second kappa shape index (κ2) is 35.5. The maximum atomic E-state index is 14.6. The maximum absolute atomic E-state index is 14.6. The fourth-order valence-electron chi connectivity index (χ4n) is 11.7. The number of oxime groups is 2. The third kappa shape index (κ3) is 20.3. The van der Waals surface area contributed by atoms with E-state index in [1.165, 1.54) is 28.4 Å². The number of carboxylic acids is 2. The summed E-state index contributed by atoms with van der Waals surface area (Å²) in [5, 5.41) is 38.3. The van der Waals surface area contributed by atoms with E-state index < -0.39 is 122 Å². The molecule has 0 spiro atoms. The van der Waals surface area contributed by atoms with Crippen LogP contribution in [0.4, 0.5) is 31.2 Å². The van der Waals surface area contributed by atoms with Gasteiger partial charge in [0.1, 0.15) is 72.1 Å². The zero-order valence-corrected chi connectivity index (χ0v) is 68.6. The van der Waals surface area contributed by atoms with Gasteiger partial charge < -0.3 is 87.4 Å². The van der Waals surface area contributed by atoms with Crippen LogP contribution in [-0.4, -0.2) is 160 Å². The third-order valence-corrected chi connectivity index (χ3v) is 22.6. The molecule has 3 aromatic carbocycles. The van der Waals surface area contributed by atoms with E-state index in [-0.39, 0.29) is 116 Å². The number of aromatic nitrogens is 4. The Morgan fingerprint density at radius 3 is 1.59 bits per heavy atom. The van der Waals surface area contributed by atoms with Crippen LogP contribution in [0.5, 0.6) is 5.75 Å². The van der Waals surface area contributed by atoms with Gasteiger partial charge in [-0.2, -0.15) is 0 Å². The van der Waals surface area contributed by atoms with Crippen LogP contribution >= 0.6 is 69.4 Å². The van der Waals surface area contributed by atoms with Crippen molar-refractivity contribution in [1.82, 2.24) is 30.4 Å². The van der Waals surface area contributed by atoms with E-state index in [1.54, 1.807) is 131 Å². The quantitative estimate of drug-likeness (QED) is 0.00999. The van der Waals surface area contributed by atoms with Gasteiger partial charge >= 0.3 is 30.1 Å². The Morgan fingerprint density at radius 1 is 0.652 bits per heavy atom. The number of carboxylic acid groups (broad SMARTS) is 2. The van der Waals surface area contributed by atoms with Gasteiger partial charge in [0.2, 0.25) is 11.2 Å². The molecule has 4 aromatic heterocycles. The molecule has 9 N–H and O–H groups in total. The first-order valence-corrected chi connectivity index (χ1v) is 39.5. The van der Waals surface area contributed by atoms with E-state index in [0.717, 1.165) is 27.6 Å². The lowest BCUT2D eigenvalue weighted by molar-refractivity contribution is -0.689. The number of thiazole rings is 2. The number of pyridine rings is 2. The van der Waals surface area contributed by atoms with Crippen LogP contribution in [-0.2, 0) is 86.7 Å². The van der Waals surface area contributed by atoms with Crippen LogP contribution in [0.2, 0.25) is 8.67 Å². The van der Waals surface area contributed by atoms with Crippen molar-refractivity contribution in [3.05, 3.63) is 193 Å². The molecule has 8 heterocycles. The van der Waals surface area contributed by atoms with Gasteiger partial charge in [-0.3, -0.25) is 39.6 Å². The number of thioether (sulfide) groups is 2. The van der Waals surface area contributed by atoms with E-state index in [0.29, 0.717) is 45.0 Å². The average Bonchev–Trinajstić information content (AvgIpc) is 1.72. The molecule has 6 amide bonds. The van der Waals surface area contributed by atoms with E-state index in [2.05, 4.69) is 41.5 Å². The van der Waals surface area contributed by atoms with Crippen LogP contribution in [0, 0.1) is 0 Å². The molecule has 115 heavy (non-hydrogen) atoms. The zero-order valence-electron chi connectivity index (χ0n) is 62.2. The zero-order chi connectivity index (χ0) is 81.7. The summed E-state index contributed by atoms with van der Waals surface area (Å²) in [6, 6.07) is 29.7. The molecule has 4 aliphatic heterocycles. The number of fused-ring (bicyclic) bond motifs is 2. The van der Waals surface area contributed by atoms with Gasteiger partial charge in [0, 0.05) is 78.3 Å². The number of ether oxygens (including phenoxy) is 5. The van der Waals surface area contributed by atoms with Crippen molar-refractivity contribution in [3.63, 3.8) is 0 Å². The number of aliphatic carboxylic acids is 2. The van der Waals surface area contributed by atoms with Crippen LogP contribution in [0.1, 0.15) is 101 Å². The number of hydrogen-bond donors (Lipinski definition) is 7. The topological polar surface area (TPSA) is 444 Å². The first-order valence-electron chi connectivity index (χ1n) is 35.1. The van der Waals surface area contributed by atoms with Gasteiger partial charge in [-0.15, -0.1) is 23.5 Å². The molecule has 2 saturated carbocycles. The van der Waals surface area contributed by atoms with E-state index in [1.807, 2.05) is 60.7 Å². The number of nitrogens with two attached hydrogens (primary N) is 2. The molecule has 2 saturated heterocycles. The molecule has 7 aromatic rings. The average molecular weight is 1760 g/mol. The molecule has 33 nitrogen and oxygen atoms in total. The Bertz CT molecular complexity index is 5020. The van der Waals surface area contributed by atoms with Gasteiger partial charge in [-0.1, -0.05) is 129 Å². The lowest BCUT2D eigenvalue weighted by atomic mass is 10.0. The fourth-order valence-corrected chi connectivity index (χ4v) is 16.4. The summed E-state index contributed by atoms with van der Waals surface area (Å²) in [4.78, 5) is 154. The monoisotopic (exact) mass is 1750 g/mol. The summed E-state index contributed by atoms with van der Waals surface area (Å²) in [6.07, 6.45) is 5.29. The molecular formula is C75H75BrCl2N14O19S4. The van der Waals surface area contributed by atoms with Crippen LogP contribution in [0.15, 0.2) is 167 Å². The Labute approximate surface area is 693 Å². The molecule has 4 unspecified atom stereocenters. The number of benzene rings is 3. The lowest BCUT2D eigenvalue weighted by Gasteiger charge is -2.50. The molecular weight excluding hydrogens is 1680 g/mol. The minimum Gasteiger partial charge on any atom is -1.00 e. The summed E-state index contributed by atoms with van der Waals surface area (Å²) in [5.41, 5.74) is 9.19. The molecule has 4 atom stereocenters. The predicted molar refractivity (Wildman–Crippen MR) is 416 cm³/mol. The lowest BCUT2D eigenvalue weighted by Crippen LogP contribution is -3.00. The minimum atomic E-state index is -1.59. The number of nitrogens with zero attached hydrogens (tertiary/aromatic N) is 8. The van der Waals surface area contributed by atoms with Gasteiger partial charge in [0.25, 0.3) is 23.6 Å². The number of β-lactam (4-membered cyclic amide) rings is 2. The largest absolute Gasteiger partial charge is 1.00 e. The highest BCUT2D eigenvalue weighted by Gasteiger charge is 2.59. The van der Waals surface area contributed by atoms with E-state index >= 15 is 0 Å². The number of carbonyl (C=O) groups is 10. The summed E-state index contributed by atoms with van der Waals surface area (Å²) in [6.45, 7) is 10.6. The van der Waals surface area contributed by atoms with Gasteiger partial charge in [0.15, 0.2) is 65.7 Å². The van der Waals surface area contributed by atoms with E-state index in [9.17, 15) is 58.2 Å². The normalized spacial score (nSPS) is 18.4. The first kappa shape index (κ1) is 85.0. The standard InChI is InChI=1S/C53H54ClN7O12S2.C22H20ClN7O7S2.BrH/c1-51(2,3)71-49(66)55-35-22-26-60(27-23-35)28-34-30-74-45-39(44(63)61(45)40(34)46(64)69-29-31-18-20-36(68-7)21-19-31)56-43(62)38(37-42(54)75-48(57-37)58-50(67)72-52(4,5)6)59-73-53(24-25-53)47(65)70-41(32-14-10-8-11-15-32)33-16-12-9-13-17-33;23-15-11(27-21(25)39-15)12(28-37-22(3-4-22)20(35)36)16(31)26-13-17(32)30-14(19(33)34)9(8-38-18(13)30)7-29-5-1-10(24)2-6-29;/h8-23,26-27,39,41,45H,24-25,28-30H2,1-7H3,(H2,56,57,58,62,67);1-2,5-6,13,18,24H,3-4,7-8H2,(H5,25,26,27,31,33,34,35,36);1H/b59-38-;28-12-;. The Hall–Kier alpha value is -10.9. The number of hydrogen-bond acceptors (Lipinski definition) is 28. The predicted octanol–water partition coefficient (Wildman–Crippen LogP) is 4.16. The third-order valence-electron chi connectivity index (χ3n) is 17.7. The number of carbonyl (C=O) groups excluding carboxylic acids is 9. The summed E-state index contributed by atoms with van der Waals surface area (Å²) >= 11 is 17.1. The van der Waals surface area contributed by atoms with Crippen molar-refractivity contribution in [3.8, 4) is 5.75 Å². The van der Waals surface area contributed by atoms with Crippen LogP contribution < -0.4 is 68.7 Å². The van der Waals surface area contributed by atoms with Crippen molar-refractivity contribution in [2.75, 3.05) is 40.7 Å². The van der Waals surface area contributed by atoms with Crippen molar-refractivity contribution in [2.24, 2.45) is 10.3 Å². The summed E-state index contributed by atoms with van der Waals surface area (Å²) in [5.74, 6) is -6.36. The number of halogens is 3. The number of nitrogens with one attached hydrogen (secondary N) is 4. The molecule has 40 heteroatoms. The smallest absolute Gasteiger partial charge is 0.413 e. The number of rotatable bonds is 26. The van der Waals surface area contributed by atoms with Crippen molar-refractivity contribution < 1.29 is 118 Å². The van der Waals surface area contributed by atoms with Gasteiger partial charge in [-0.05, 0) is 70.4 Å². The van der Waals surface area contributed by atoms with Gasteiger partial charge in [-0.25, -0.2) is 43.1 Å². The molecule has 4 fully saturated rings. The molecule has 13 rings (SSSR count). The van der Waals surface area contributed by atoms with Gasteiger partial charge in [0.05, 0.1) is 24.5 Å². The molecule has 2 aliphatic carbocycles. The highest BCUT2D eigenvalue weighted by molar-refractivity contribution is 8.00. The highest BCUT2D eigenvalue weighted by Crippen LogP contribution is 2.46. The SMILES string of the molecule is COc1ccc(COC(=O)C2=C(C[n+]3ccc(NC(=O)OC(C)(C)C)cc3)CSC3C(NC(=O)/C(=N\OC4(C(=O)OC(c5ccccc5)c5ccccc5)CC4)c4nc(NC(=O)OC(C)(C)C)sc4Cl)C(=O)N23)cc1.Nc1cc[n+](CC2=C(C(=O)[O-])N3C(=O)C(NC(=O)/C(=N\OC4(C(=O)O)CC4)c4nc(N)sc4Cl)C3SC2)cc1.[Br-]. The number of nitrogen functional groups attached to an aromatic ring is 2. The summed E-state index contributed by atoms with van der Waals surface area (Å²) < 4.78 is 31.4. The molecule has 0 radical (unpaired) electrons. The molecule has 6 aliphatic rings. The van der Waals surface area contributed by atoms with Crippen molar-refractivity contribution in [2.45, 2.75) is 138 Å². The first-order chi connectivity index (χ1) is 54.2. The summed E-state index contributed by atoms with van der Waals surface area (Å²) in [7, 11) is 1.54. The highest BCUT2D eigenvalue weighted by atomic mass is 79.9. The second-order valence-corrected chi connectivity index (χ2v) is 33.9. The number of methoxy groups -OCH3 is 1. The molecule has 604 valence electrons. The van der Waals surface area contributed by atoms with Crippen molar-refractivity contribution in [1.29, 1.82) is 0 Å². The number of anilines is 4. The van der Waals surface area contributed by atoms with Crippen molar-refractivity contribution >= 4 is 162 Å². The molecule has 0 bridgehead atoms. The Kier molecular flexibility index (Phi) is 26.2. The minimum absolute atomic E-state index is 0. The number of amides is 6. The maximum Gasteiger partial charge on any atom is 0.413 e. The second-order valence-electron chi connectivity index (χ2n) is 28.4. The van der Waals surface area contributed by atoms with E-state index in [4.69, 9.17) is 68.0 Å².